The highest BCUT2D eigenvalue weighted by Crippen LogP contribution is 2.33. The summed E-state index contributed by atoms with van der Waals surface area (Å²) in [6, 6.07) is 12.3. The van der Waals surface area contributed by atoms with Crippen LogP contribution in [0.4, 0.5) is 0 Å². The number of benzene rings is 1. The summed E-state index contributed by atoms with van der Waals surface area (Å²) in [6.45, 7) is 2.89. The molecule has 1 aliphatic rings. The van der Waals surface area contributed by atoms with Crippen LogP contribution in [-0.4, -0.2) is 22.3 Å². The summed E-state index contributed by atoms with van der Waals surface area (Å²) < 4.78 is 0. The summed E-state index contributed by atoms with van der Waals surface area (Å²) >= 11 is 1.79. The Bertz CT molecular complexity index is 923. The van der Waals surface area contributed by atoms with Crippen LogP contribution in [0, 0.1) is 0 Å². The molecule has 2 aromatic heterocycles. The molecule has 24 heavy (non-hydrogen) atoms. The third-order valence-electron chi connectivity index (χ3n) is 4.63. The van der Waals surface area contributed by atoms with E-state index < -0.39 is 0 Å². The number of thiophene rings is 1. The minimum Gasteiger partial charge on any atom is -0.332 e. The molecule has 4 rings (SSSR count). The maximum absolute atomic E-state index is 12.7. The molecular weight excluding hydrogens is 316 g/mol. The topological polar surface area (TPSA) is 33.2 Å². The third-order valence-corrected chi connectivity index (χ3v) is 5.63. The largest absolute Gasteiger partial charge is 0.332 e. The number of rotatable bonds is 2. The molecule has 3 heterocycles. The first-order valence-electron chi connectivity index (χ1n) is 8.13. The van der Waals surface area contributed by atoms with Crippen molar-refractivity contribution in [1.82, 2.24) is 9.88 Å². The first-order valence-corrected chi connectivity index (χ1v) is 9.01. The molecule has 4 heteroatoms. The van der Waals surface area contributed by atoms with Gasteiger partial charge in [-0.05, 0) is 42.5 Å². The molecule has 0 N–H and O–H groups in total. The third kappa shape index (κ3) is 2.63. The molecule has 1 atom stereocenters. The number of fused-ring (bicyclic) bond motifs is 2. The van der Waals surface area contributed by atoms with Crippen LogP contribution in [-0.2, 0) is 11.2 Å². The number of amides is 1. The van der Waals surface area contributed by atoms with E-state index >= 15 is 0 Å². The van der Waals surface area contributed by atoms with Gasteiger partial charge in [-0.3, -0.25) is 9.78 Å². The molecule has 3 nitrogen and oxygen atoms in total. The Morgan fingerprint density at radius 3 is 3.08 bits per heavy atom. The minimum atomic E-state index is 0.0623. The maximum atomic E-state index is 12.7. The molecule has 0 bridgehead atoms. The van der Waals surface area contributed by atoms with Gasteiger partial charge < -0.3 is 4.90 Å². The second kappa shape index (κ2) is 6.21. The van der Waals surface area contributed by atoms with Gasteiger partial charge in [-0.15, -0.1) is 11.3 Å². The Balaban J connectivity index is 1.59. The Kier molecular flexibility index (Phi) is 3.90. The van der Waals surface area contributed by atoms with Gasteiger partial charge in [0.2, 0.25) is 5.91 Å². The number of pyridine rings is 1. The number of para-hydroxylation sites is 1. The lowest BCUT2D eigenvalue weighted by atomic mass is 10.0. The normalized spacial score (nSPS) is 17.4. The van der Waals surface area contributed by atoms with Gasteiger partial charge in [-0.25, -0.2) is 0 Å². The standard InChI is InChI=1S/C20H18N2OS/c1-14-17-10-13-24-18(17)9-12-22(14)19(23)8-7-16-5-2-4-15-6-3-11-21-20(15)16/h2-8,10-11,13-14H,9,12H2,1H3. The van der Waals surface area contributed by atoms with Crippen molar-refractivity contribution in [3.8, 4) is 0 Å². The fraction of sp³-hybridized carbons (Fsp3) is 0.200. The van der Waals surface area contributed by atoms with Crippen LogP contribution in [0.5, 0.6) is 0 Å². The average Bonchev–Trinajstić information content (AvgIpc) is 3.09. The van der Waals surface area contributed by atoms with Crippen molar-refractivity contribution in [2.45, 2.75) is 19.4 Å². The quantitative estimate of drug-likeness (QED) is 0.649. The molecule has 1 unspecified atom stereocenters. The van der Waals surface area contributed by atoms with Crippen LogP contribution < -0.4 is 0 Å². The molecule has 120 valence electrons. The van der Waals surface area contributed by atoms with E-state index in [1.54, 1.807) is 23.6 Å². The maximum Gasteiger partial charge on any atom is 0.247 e. The molecule has 0 radical (unpaired) electrons. The van der Waals surface area contributed by atoms with Crippen molar-refractivity contribution in [2.75, 3.05) is 6.54 Å². The lowest BCUT2D eigenvalue weighted by Gasteiger charge is -2.32. The van der Waals surface area contributed by atoms with Crippen molar-refractivity contribution < 1.29 is 4.79 Å². The lowest BCUT2D eigenvalue weighted by molar-refractivity contribution is -0.128. The highest BCUT2D eigenvalue weighted by Gasteiger charge is 2.26. The monoisotopic (exact) mass is 334 g/mol. The zero-order chi connectivity index (χ0) is 16.5. The van der Waals surface area contributed by atoms with E-state index in [0.29, 0.717) is 0 Å². The fourth-order valence-electron chi connectivity index (χ4n) is 3.33. The summed E-state index contributed by atoms with van der Waals surface area (Å²) in [6.07, 6.45) is 6.30. The number of aromatic nitrogens is 1. The van der Waals surface area contributed by atoms with Crippen molar-refractivity contribution in [1.29, 1.82) is 0 Å². The molecule has 0 saturated heterocycles. The minimum absolute atomic E-state index is 0.0623. The molecule has 1 amide bonds. The average molecular weight is 334 g/mol. The van der Waals surface area contributed by atoms with Crippen LogP contribution in [0.2, 0.25) is 0 Å². The Morgan fingerprint density at radius 1 is 1.29 bits per heavy atom. The van der Waals surface area contributed by atoms with Gasteiger partial charge >= 0.3 is 0 Å². The van der Waals surface area contributed by atoms with Crippen molar-refractivity contribution in [2.24, 2.45) is 0 Å². The molecule has 0 aliphatic carbocycles. The predicted molar refractivity (Wildman–Crippen MR) is 98.9 cm³/mol. The van der Waals surface area contributed by atoms with Gasteiger partial charge in [-0.1, -0.05) is 24.3 Å². The van der Waals surface area contributed by atoms with Crippen LogP contribution in [0.25, 0.3) is 17.0 Å². The SMILES string of the molecule is CC1c2ccsc2CCN1C(=O)C=Cc1cccc2cccnc12. The summed E-state index contributed by atoms with van der Waals surface area (Å²) in [5, 5.41) is 3.20. The van der Waals surface area contributed by atoms with E-state index in [-0.39, 0.29) is 11.9 Å². The Morgan fingerprint density at radius 2 is 2.17 bits per heavy atom. The number of nitrogens with zero attached hydrogens (tertiary/aromatic N) is 2. The first kappa shape index (κ1) is 15.1. The molecule has 3 aromatic rings. The number of carbonyl (C=O) groups excluding carboxylic acids is 1. The molecule has 0 spiro atoms. The fourth-order valence-corrected chi connectivity index (χ4v) is 4.29. The van der Waals surface area contributed by atoms with E-state index in [0.717, 1.165) is 29.4 Å². The van der Waals surface area contributed by atoms with Crippen molar-refractivity contribution in [3.05, 3.63) is 70.1 Å². The second-order valence-corrected chi connectivity index (χ2v) is 7.01. The highest BCUT2D eigenvalue weighted by molar-refractivity contribution is 7.10. The van der Waals surface area contributed by atoms with E-state index in [1.165, 1.54) is 10.4 Å². The Hall–Kier alpha value is -2.46. The highest BCUT2D eigenvalue weighted by atomic mass is 32.1. The number of hydrogen-bond donors (Lipinski definition) is 0. The van der Waals surface area contributed by atoms with Crippen LogP contribution in [0.15, 0.2) is 54.1 Å². The lowest BCUT2D eigenvalue weighted by Crippen LogP contribution is -2.37. The smallest absolute Gasteiger partial charge is 0.247 e. The van der Waals surface area contributed by atoms with Crippen molar-refractivity contribution in [3.63, 3.8) is 0 Å². The van der Waals surface area contributed by atoms with Gasteiger partial charge in [0.25, 0.3) is 0 Å². The van der Waals surface area contributed by atoms with Crippen molar-refractivity contribution >= 4 is 34.2 Å². The van der Waals surface area contributed by atoms with E-state index in [4.69, 9.17) is 0 Å². The first-order chi connectivity index (χ1) is 11.7. The van der Waals surface area contributed by atoms with E-state index in [9.17, 15) is 4.79 Å². The van der Waals surface area contributed by atoms with Gasteiger partial charge in [0.05, 0.1) is 11.6 Å². The summed E-state index contributed by atoms with van der Waals surface area (Å²) in [7, 11) is 0. The number of hydrogen-bond acceptors (Lipinski definition) is 3. The summed E-state index contributed by atoms with van der Waals surface area (Å²) in [4.78, 5) is 20.5. The van der Waals surface area contributed by atoms with Gasteiger partial charge in [0.1, 0.15) is 0 Å². The molecule has 0 saturated carbocycles. The summed E-state index contributed by atoms with van der Waals surface area (Å²) in [5.41, 5.74) is 3.19. The zero-order valence-corrected chi connectivity index (χ0v) is 14.3. The van der Waals surface area contributed by atoms with Crippen LogP contribution >= 0.6 is 11.3 Å². The van der Waals surface area contributed by atoms with E-state index in [1.807, 2.05) is 41.3 Å². The molecule has 0 fully saturated rings. The second-order valence-electron chi connectivity index (χ2n) is 6.01. The van der Waals surface area contributed by atoms with Crippen LogP contribution in [0.3, 0.4) is 0 Å². The van der Waals surface area contributed by atoms with E-state index in [2.05, 4.69) is 23.4 Å². The van der Waals surface area contributed by atoms with Crippen LogP contribution in [0.1, 0.15) is 29.0 Å². The number of carbonyl (C=O) groups is 1. The molecule has 1 aliphatic heterocycles. The van der Waals surface area contributed by atoms with Gasteiger partial charge in [0.15, 0.2) is 0 Å². The van der Waals surface area contributed by atoms with Gasteiger partial charge in [-0.2, -0.15) is 0 Å². The summed E-state index contributed by atoms with van der Waals surface area (Å²) in [5.74, 6) is 0.0623. The Labute approximate surface area is 145 Å². The van der Waals surface area contributed by atoms with Gasteiger partial charge in [0, 0.05) is 34.6 Å². The molecule has 1 aromatic carbocycles. The zero-order valence-electron chi connectivity index (χ0n) is 13.5. The predicted octanol–water partition coefficient (Wildman–Crippen LogP) is 4.46. The molecular formula is C20H18N2OS.